The highest BCUT2D eigenvalue weighted by atomic mass is 32.2. The van der Waals surface area contributed by atoms with Gasteiger partial charge in [0.2, 0.25) is 94.5 Å². The minimum atomic E-state index is -2.02. The Balaban J connectivity index is 2.62. The first-order valence-corrected chi connectivity index (χ1v) is 45.1. The predicted octanol–water partition coefficient (Wildman–Crippen LogP) is -6.80. The normalized spacial score (nSPS) is 15.7. The van der Waals surface area contributed by atoms with Crippen molar-refractivity contribution in [3.05, 3.63) is 59.7 Å². The van der Waals surface area contributed by atoms with Gasteiger partial charge in [0.05, 0.1) is 31.8 Å². The number of carboxylic acids is 2. The van der Waals surface area contributed by atoms with Crippen molar-refractivity contribution in [3.63, 3.8) is 0 Å². The van der Waals surface area contributed by atoms with E-state index in [1.807, 2.05) is 10.6 Å². The summed E-state index contributed by atoms with van der Waals surface area (Å²) in [7, 11) is 0. The first kappa shape index (κ1) is 114. The van der Waals surface area contributed by atoms with Gasteiger partial charge in [-0.05, 0) is 169 Å². The van der Waals surface area contributed by atoms with Gasteiger partial charge in [0.1, 0.15) is 102 Å². The molecule has 31 N–H and O–H groups in total. The molecule has 0 fully saturated rings. The summed E-state index contributed by atoms with van der Waals surface area (Å²) in [5, 5.41) is 117. The number of nitrogens with one attached hydrogen (secondary N) is 15. The molecule has 724 valence electrons. The number of aromatic hydroxyl groups is 2. The summed E-state index contributed by atoms with van der Waals surface area (Å²) in [6.45, 7) is 11.5. The van der Waals surface area contributed by atoms with Crippen LogP contribution in [0.5, 0.6) is 11.5 Å². The molecule has 0 aliphatic carbocycles. The van der Waals surface area contributed by atoms with E-state index in [0.717, 1.165) is 13.8 Å². The molecule has 0 aromatic heterocycles. The Hall–Kier alpha value is -11.1. The van der Waals surface area contributed by atoms with Crippen LogP contribution in [0.25, 0.3) is 0 Å². The molecule has 0 spiro atoms. The van der Waals surface area contributed by atoms with Gasteiger partial charge in [-0.1, -0.05) is 72.2 Å². The number of primary amides is 1. The van der Waals surface area contributed by atoms with Crippen LogP contribution < -0.4 is 103 Å². The van der Waals surface area contributed by atoms with Gasteiger partial charge < -0.3 is 144 Å². The minimum Gasteiger partial charge on any atom is -0.508 e. The van der Waals surface area contributed by atoms with Crippen LogP contribution >= 0.6 is 23.5 Å². The summed E-state index contributed by atoms with van der Waals surface area (Å²) in [5.41, 5.74) is 23.5. The van der Waals surface area contributed by atoms with Crippen LogP contribution in [-0.4, -0.2) is 307 Å². The summed E-state index contributed by atoms with van der Waals surface area (Å²) in [5.74, 6) is -21.9. The number of aliphatic hydroxyl groups is 4. The number of aliphatic hydroxyl groups excluding tert-OH is 4. The maximum Gasteiger partial charge on any atom is 0.328 e. The zero-order chi connectivity index (χ0) is 97.6. The third kappa shape index (κ3) is 41.1. The standard InChI is InChI=1S/C82H133N19O26S2/c1-12-42(6)64(99-79(123)63(41(4)5)97-68(112)50(85)38-102)80(124)87-43(7)67(111)88-51(17-13-15-31-83)69(113)90-53(27-28-60(86)108)70(114)91-55(30-34-129-11)73(117)100-65(44(8)104)81(125)95-57(36-47-21-25-49(107)26-22-47)74(118)89-52(18-14-16-32-84)72(116)98-62(40(2)3)78(122)94-56(35-46-19-23-48(106)24-20-46)75(119)92-54(29-33-128-10)71(115)96-59(39-103)77(121)93-58(37-61(109)110)76(120)101-66(45(9)105)82(126)127/h19-26,40-45,50-59,62-66,102-107H,12-18,27-39,83-85H2,1-11H3,(H2,86,108)(H,87,124)(H,88,111)(H,89,118)(H,90,113)(H,91,114)(H,92,119)(H,93,121)(H,94,122)(H,95,125)(H,96,115)(H,97,112)(H,98,116)(H,99,123)(H,100,117)(H,101,120)(H,109,110)(H,126,127)/t42-,43-,44+,45+,50-,51-,52-,53-,54-,55-,56-,57-,58-,59-,62-,63-,64-,65-,66-/m0/s1. The molecule has 19 atom stereocenters. The SMILES string of the molecule is CC[C@H](C)[C@H](NC(=O)[C@@H](NC(=O)[C@@H](N)CO)C(C)C)C(=O)N[C@@H](C)C(=O)N[C@@H](CCCCN)C(=O)N[C@@H](CCC(N)=O)C(=O)N[C@@H](CCSC)C(=O)N[C@H](C(=O)N[C@@H](Cc1ccc(O)cc1)C(=O)N[C@@H](CCCCN)C(=O)N[C@H](C(=O)N[C@@H](Cc1ccc(O)cc1)C(=O)N[C@@H](CCSC)C(=O)N[C@@H](CO)C(=O)N[C@@H](CC(=O)O)C(=O)N[C@H](C(=O)O)[C@@H](C)O)C(C)C)[C@@H](C)O. The van der Waals surface area contributed by atoms with Crippen molar-refractivity contribution in [3.8, 4) is 11.5 Å². The second kappa shape index (κ2) is 59.2. The molecule has 2 aromatic carbocycles. The summed E-state index contributed by atoms with van der Waals surface area (Å²) in [6.07, 6.45) is -2.33. The fourth-order valence-corrected chi connectivity index (χ4v) is 13.5. The maximum atomic E-state index is 15.0. The van der Waals surface area contributed by atoms with Crippen molar-refractivity contribution in [2.24, 2.45) is 40.7 Å². The Kier molecular flexibility index (Phi) is 52.3. The van der Waals surface area contributed by atoms with Crippen molar-refractivity contribution in [1.82, 2.24) is 79.8 Å². The number of carbonyl (C=O) groups is 18. The molecule has 129 heavy (non-hydrogen) atoms. The molecule has 0 aliphatic heterocycles. The first-order chi connectivity index (χ1) is 60.7. The van der Waals surface area contributed by atoms with E-state index in [0.29, 0.717) is 24.0 Å². The zero-order valence-electron chi connectivity index (χ0n) is 74.4. The van der Waals surface area contributed by atoms with E-state index >= 15 is 0 Å². The van der Waals surface area contributed by atoms with Crippen LogP contribution in [0.1, 0.15) is 150 Å². The summed E-state index contributed by atoms with van der Waals surface area (Å²) in [4.78, 5) is 248. The summed E-state index contributed by atoms with van der Waals surface area (Å²) >= 11 is 2.43. The van der Waals surface area contributed by atoms with Gasteiger partial charge in [0.15, 0.2) is 6.04 Å². The number of unbranched alkanes of at least 4 members (excludes halogenated alkanes) is 2. The maximum absolute atomic E-state index is 15.0. The molecule has 45 nitrogen and oxygen atoms in total. The number of hydrogen-bond acceptors (Lipinski definition) is 29. The van der Waals surface area contributed by atoms with E-state index in [1.165, 1.54) is 92.8 Å². The van der Waals surface area contributed by atoms with Gasteiger partial charge in [-0.3, -0.25) is 81.5 Å². The lowest BCUT2D eigenvalue weighted by molar-refractivity contribution is -0.146. The molecule has 0 heterocycles. The Morgan fingerprint density at radius 3 is 1.05 bits per heavy atom. The van der Waals surface area contributed by atoms with E-state index in [4.69, 9.17) is 22.9 Å². The molecule has 0 aliphatic rings. The highest BCUT2D eigenvalue weighted by Crippen LogP contribution is 2.19. The lowest BCUT2D eigenvalue weighted by Gasteiger charge is -2.30. The molecular weight excluding hydrogens is 1730 g/mol. The number of rotatable bonds is 62. The van der Waals surface area contributed by atoms with Gasteiger partial charge in [-0.25, -0.2) is 4.79 Å². The topological polar surface area (TPSA) is 754 Å². The number of carboxylic acid groups (broad SMARTS) is 2. The number of thioether (sulfide) groups is 2. The quantitative estimate of drug-likeness (QED) is 0.0274. The Morgan fingerprint density at radius 2 is 0.682 bits per heavy atom. The van der Waals surface area contributed by atoms with Crippen molar-refractivity contribution in [2.75, 3.05) is 50.3 Å². The third-order valence-electron chi connectivity index (χ3n) is 20.5. The zero-order valence-corrected chi connectivity index (χ0v) is 76.1. The van der Waals surface area contributed by atoms with Crippen LogP contribution in [-0.2, 0) is 99.1 Å². The molecule has 0 bridgehead atoms. The number of amides is 16. The van der Waals surface area contributed by atoms with E-state index in [1.54, 1.807) is 40.2 Å². The Labute approximate surface area is 756 Å². The average molecular weight is 1870 g/mol. The molecule has 0 radical (unpaired) electrons. The fourth-order valence-electron chi connectivity index (χ4n) is 12.6. The molecule has 47 heteroatoms. The second-order valence-corrected chi connectivity index (χ2v) is 33.8. The van der Waals surface area contributed by atoms with Gasteiger partial charge in [0, 0.05) is 19.3 Å². The largest absolute Gasteiger partial charge is 0.508 e. The molecule has 0 unspecified atom stereocenters. The van der Waals surface area contributed by atoms with Crippen LogP contribution in [0.15, 0.2) is 48.5 Å². The number of phenolic OH excluding ortho intramolecular Hbond substituents is 2. The highest BCUT2D eigenvalue weighted by Gasteiger charge is 2.41. The van der Waals surface area contributed by atoms with Crippen molar-refractivity contribution < 1.29 is 127 Å². The van der Waals surface area contributed by atoms with E-state index in [9.17, 15) is 127 Å². The number of nitrogens with two attached hydrogens (primary N) is 4. The Morgan fingerprint density at radius 1 is 0.364 bits per heavy atom. The lowest BCUT2D eigenvalue weighted by Crippen LogP contribution is -2.63. The summed E-state index contributed by atoms with van der Waals surface area (Å²) < 4.78 is 0. The van der Waals surface area contributed by atoms with Gasteiger partial charge in [-0.15, -0.1) is 0 Å². The third-order valence-corrected chi connectivity index (χ3v) is 21.8. The number of benzene rings is 2. The van der Waals surface area contributed by atoms with Gasteiger partial charge in [0.25, 0.3) is 0 Å². The van der Waals surface area contributed by atoms with Crippen LogP contribution in [0.4, 0.5) is 0 Å². The van der Waals surface area contributed by atoms with Gasteiger partial charge >= 0.3 is 11.9 Å². The van der Waals surface area contributed by atoms with Crippen LogP contribution in [0.2, 0.25) is 0 Å². The molecule has 0 saturated heterocycles. The van der Waals surface area contributed by atoms with E-state index in [-0.39, 0.29) is 87.5 Å². The smallest absolute Gasteiger partial charge is 0.328 e. The van der Waals surface area contributed by atoms with Gasteiger partial charge in [-0.2, -0.15) is 23.5 Å². The van der Waals surface area contributed by atoms with E-state index in [2.05, 4.69) is 69.1 Å². The Bertz CT molecular complexity index is 4040. The van der Waals surface area contributed by atoms with Crippen molar-refractivity contribution in [2.45, 2.75) is 261 Å². The summed E-state index contributed by atoms with van der Waals surface area (Å²) in [6, 6.07) is -15.2. The lowest BCUT2D eigenvalue weighted by atomic mass is 9.96. The first-order valence-electron chi connectivity index (χ1n) is 42.3. The van der Waals surface area contributed by atoms with Crippen LogP contribution in [0, 0.1) is 17.8 Å². The number of hydrogen-bond donors (Lipinski definition) is 27. The highest BCUT2D eigenvalue weighted by molar-refractivity contribution is 7.98. The molecule has 0 saturated carbocycles. The molecule has 2 aromatic rings. The minimum absolute atomic E-state index is 0.0963. The monoisotopic (exact) mass is 1860 g/mol. The van der Waals surface area contributed by atoms with E-state index < -0.39 is 272 Å². The molecular formula is C82H133N19O26S2. The second-order valence-electron chi connectivity index (χ2n) is 31.9. The molecule has 16 amide bonds. The van der Waals surface area contributed by atoms with Crippen molar-refractivity contribution in [1.29, 1.82) is 0 Å². The number of phenols is 2. The number of carbonyl (C=O) groups excluding carboxylic acids is 16. The average Bonchev–Trinajstić information content (AvgIpc) is 0.840. The predicted molar refractivity (Wildman–Crippen MR) is 473 cm³/mol. The van der Waals surface area contributed by atoms with Crippen molar-refractivity contribution >= 4 is 130 Å². The molecule has 2 rings (SSSR count). The number of aliphatic carboxylic acids is 2. The fraction of sp³-hybridized carbons (Fsp3) is 0.634. The van der Waals surface area contributed by atoms with Crippen LogP contribution in [0.3, 0.4) is 0 Å².